The standard InChI is InChI=1S/C20H17BrN2O4/c1-13-11-19(14(2)22(13)16-5-3-15(21)4-6-16)20(24)12-27-18-9-7-17(8-10-18)23(25)26/h3-11H,12H2,1-2H3. The van der Waals surface area contributed by atoms with Crippen LogP contribution in [0.1, 0.15) is 21.7 Å². The number of halogens is 1. The number of rotatable bonds is 6. The second-order valence-electron chi connectivity index (χ2n) is 6.06. The third kappa shape index (κ3) is 4.09. The topological polar surface area (TPSA) is 74.4 Å². The minimum atomic E-state index is -0.480. The zero-order valence-electron chi connectivity index (χ0n) is 14.8. The van der Waals surface area contributed by atoms with E-state index in [9.17, 15) is 14.9 Å². The summed E-state index contributed by atoms with van der Waals surface area (Å²) in [4.78, 5) is 22.8. The molecule has 0 aliphatic rings. The molecule has 1 aromatic heterocycles. The number of carbonyl (C=O) groups excluding carboxylic acids is 1. The van der Waals surface area contributed by atoms with Gasteiger partial charge < -0.3 is 9.30 Å². The van der Waals surface area contributed by atoms with Crippen molar-refractivity contribution in [1.29, 1.82) is 0 Å². The van der Waals surface area contributed by atoms with Crippen LogP contribution < -0.4 is 4.74 Å². The van der Waals surface area contributed by atoms with E-state index in [-0.39, 0.29) is 18.1 Å². The third-order valence-corrected chi connectivity index (χ3v) is 4.76. The summed E-state index contributed by atoms with van der Waals surface area (Å²) in [5.41, 5.74) is 3.34. The summed E-state index contributed by atoms with van der Waals surface area (Å²) in [7, 11) is 0. The summed E-state index contributed by atoms with van der Waals surface area (Å²) in [6.45, 7) is 3.71. The Kier molecular flexibility index (Phi) is 5.41. The van der Waals surface area contributed by atoms with Crippen LogP contribution in [0.4, 0.5) is 5.69 Å². The highest BCUT2D eigenvalue weighted by atomic mass is 79.9. The Bertz CT molecular complexity index is 992. The largest absolute Gasteiger partial charge is 0.485 e. The second kappa shape index (κ2) is 7.75. The van der Waals surface area contributed by atoms with Gasteiger partial charge in [-0.2, -0.15) is 0 Å². The van der Waals surface area contributed by atoms with Crippen LogP contribution in [-0.4, -0.2) is 21.9 Å². The number of nitro benzene ring substituents is 1. The van der Waals surface area contributed by atoms with Gasteiger partial charge in [0.15, 0.2) is 6.61 Å². The number of benzene rings is 2. The molecule has 0 aliphatic carbocycles. The van der Waals surface area contributed by atoms with Crippen LogP contribution in [0.3, 0.4) is 0 Å². The highest BCUT2D eigenvalue weighted by Crippen LogP contribution is 2.23. The summed E-state index contributed by atoms with van der Waals surface area (Å²) < 4.78 is 8.50. The number of aryl methyl sites for hydroxylation is 1. The van der Waals surface area contributed by atoms with Gasteiger partial charge in [0, 0.05) is 39.2 Å². The molecule has 0 unspecified atom stereocenters. The SMILES string of the molecule is Cc1cc(C(=O)COc2ccc([N+](=O)[O-])cc2)c(C)n1-c1ccc(Br)cc1. The quantitative estimate of drug-likeness (QED) is 0.313. The van der Waals surface area contributed by atoms with Crippen molar-refractivity contribution in [2.45, 2.75) is 13.8 Å². The van der Waals surface area contributed by atoms with Gasteiger partial charge in [0.25, 0.3) is 5.69 Å². The number of non-ortho nitro benzene ring substituents is 1. The molecule has 7 heteroatoms. The number of aromatic nitrogens is 1. The maximum absolute atomic E-state index is 12.6. The van der Waals surface area contributed by atoms with Crippen molar-refractivity contribution in [2.24, 2.45) is 0 Å². The number of carbonyl (C=O) groups is 1. The van der Waals surface area contributed by atoms with Gasteiger partial charge in [-0.1, -0.05) is 15.9 Å². The van der Waals surface area contributed by atoms with Crippen LogP contribution in [0.2, 0.25) is 0 Å². The number of nitrogens with zero attached hydrogens (tertiary/aromatic N) is 2. The normalized spacial score (nSPS) is 10.6. The van der Waals surface area contributed by atoms with Gasteiger partial charge in [-0.15, -0.1) is 0 Å². The van der Waals surface area contributed by atoms with Crippen LogP contribution >= 0.6 is 15.9 Å². The molecule has 0 spiro atoms. The van der Waals surface area contributed by atoms with E-state index in [0.717, 1.165) is 21.5 Å². The summed E-state index contributed by atoms with van der Waals surface area (Å²) in [6, 6.07) is 15.4. The van der Waals surface area contributed by atoms with Gasteiger partial charge in [0.05, 0.1) is 4.92 Å². The molecule has 6 nitrogen and oxygen atoms in total. The molecule has 0 N–H and O–H groups in total. The minimum Gasteiger partial charge on any atom is -0.485 e. The zero-order valence-corrected chi connectivity index (χ0v) is 16.4. The van der Waals surface area contributed by atoms with E-state index in [0.29, 0.717) is 11.3 Å². The highest BCUT2D eigenvalue weighted by Gasteiger charge is 2.17. The van der Waals surface area contributed by atoms with Gasteiger partial charge in [-0.05, 0) is 56.3 Å². The first-order chi connectivity index (χ1) is 12.9. The predicted octanol–water partition coefficient (Wildman–Crippen LogP) is 5.03. The lowest BCUT2D eigenvalue weighted by Gasteiger charge is -2.10. The lowest BCUT2D eigenvalue weighted by molar-refractivity contribution is -0.384. The fraction of sp³-hybridized carbons (Fsp3) is 0.150. The van der Waals surface area contributed by atoms with Crippen molar-refractivity contribution in [2.75, 3.05) is 6.61 Å². The van der Waals surface area contributed by atoms with Crippen LogP contribution in [0.5, 0.6) is 5.75 Å². The molecule has 0 aliphatic heterocycles. The monoisotopic (exact) mass is 428 g/mol. The Morgan fingerprint density at radius 1 is 1.11 bits per heavy atom. The van der Waals surface area contributed by atoms with Crippen molar-refractivity contribution < 1.29 is 14.5 Å². The molecule has 3 rings (SSSR count). The first-order valence-corrected chi connectivity index (χ1v) is 9.01. The molecule has 0 atom stereocenters. The fourth-order valence-electron chi connectivity index (χ4n) is 2.92. The summed E-state index contributed by atoms with van der Waals surface area (Å²) >= 11 is 3.42. The van der Waals surface area contributed by atoms with Crippen LogP contribution in [0.25, 0.3) is 5.69 Å². The van der Waals surface area contributed by atoms with Crippen molar-refractivity contribution in [3.05, 3.63) is 86.1 Å². The van der Waals surface area contributed by atoms with Gasteiger partial charge >= 0.3 is 0 Å². The van der Waals surface area contributed by atoms with E-state index in [1.807, 2.05) is 48.7 Å². The number of Topliss-reactive ketones (excluding diaryl/α,β-unsaturated/α-hetero) is 1. The van der Waals surface area contributed by atoms with Crippen molar-refractivity contribution in [3.63, 3.8) is 0 Å². The fourth-order valence-corrected chi connectivity index (χ4v) is 3.19. The molecular weight excluding hydrogens is 412 g/mol. The average molecular weight is 429 g/mol. The number of hydrogen-bond donors (Lipinski definition) is 0. The average Bonchev–Trinajstić information content (AvgIpc) is 2.95. The van der Waals surface area contributed by atoms with E-state index in [1.165, 1.54) is 24.3 Å². The molecule has 0 radical (unpaired) electrons. The van der Waals surface area contributed by atoms with Crippen LogP contribution in [-0.2, 0) is 0 Å². The summed E-state index contributed by atoms with van der Waals surface area (Å²) in [5, 5.41) is 10.7. The molecule has 2 aromatic carbocycles. The lowest BCUT2D eigenvalue weighted by atomic mass is 10.1. The first kappa shape index (κ1) is 18.8. The van der Waals surface area contributed by atoms with Crippen molar-refractivity contribution in [1.82, 2.24) is 4.57 Å². The molecule has 0 saturated carbocycles. The number of hydrogen-bond acceptors (Lipinski definition) is 4. The minimum absolute atomic E-state index is 0.0216. The Balaban J connectivity index is 1.76. The summed E-state index contributed by atoms with van der Waals surface area (Å²) in [6.07, 6.45) is 0. The molecule has 0 saturated heterocycles. The predicted molar refractivity (Wildman–Crippen MR) is 106 cm³/mol. The third-order valence-electron chi connectivity index (χ3n) is 4.23. The second-order valence-corrected chi connectivity index (χ2v) is 6.98. The highest BCUT2D eigenvalue weighted by molar-refractivity contribution is 9.10. The van der Waals surface area contributed by atoms with Gasteiger partial charge in [0.1, 0.15) is 5.75 Å². The van der Waals surface area contributed by atoms with Crippen LogP contribution in [0, 0.1) is 24.0 Å². The number of nitro groups is 1. The molecule has 1 heterocycles. The smallest absolute Gasteiger partial charge is 0.269 e. The van der Waals surface area contributed by atoms with Gasteiger partial charge in [0.2, 0.25) is 5.78 Å². The van der Waals surface area contributed by atoms with Gasteiger partial charge in [-0.3, -0.25) is 14.9 Å². The van der Waals surface area contributed by atoms with Crippen molar-refractivity contribution >= 4 is 27.4 Å². The van der Waals surface area contributed by atoms with Crippen LogP contribution in [0.15, 0.2) is 59.1 Å². The summed E-state index contributed by atoms with van der Waals surface area (Å²) in [5.74, 6) is 0.264. The molecule has 0 bridgehead atoms. The van der Waals surface area contributed by atoms with E-state index in [4.69, 9.17) is 4.74 Å². The van der Waals surface area contributed by atoms with Gasteiger partial charge in [-0.25, -0.2) is 0 Å². The Morgan fingerprint density at radius 2 is 1.74 bits per heavy atom. The van der Waals surface area contributed by atoms with E-state index < -0.39 is 4.92 Å². The Hall–Kier alpha value is -2.93. The number of ether oxygens (including phenoxy) is 1. The maximum Gasteiger partial charge on any atom is 0.269 e. The Morgan fingerprint density at radius 3 is 2.33 bits per heavy atom. The first-order valence-electron chi connectivity index (χ1n) is 8.22. The molecule has 3 aromatic rings. The van der Waals surface area contributed by atoms with E-state index in [2.05, 4.69) is 15.9 Å². The maximum atomic E-state index is 12.6. The molecule has 138 valence electrons. The number of ketones is 1. The Labute approximate surface area is 164 Å². The molecule has 0 fully saturated rings. The zero-order chi connectivity index (χ0) is 19.6. The molecule has 27 heavy (non-hydrogen) atoms. The molecule has 0 amide bonds. The molecular formula is C20H17BrN2O4. The van der Waals surface area contributed by atoms with E-state index in [1.54, 1.807) is 0 Å². The lowest BCUT2D eigenvalue weighted by Crippen LogP contribution is -2.12. The van der Waals surface area contributed by atoms with E-state index >= 15 is 0 Å². The van der Waals surface area contributed by atoms with Crippen molar-refractivity contribution in [3.8, 4) is 11.4 Å².